The first-order valence-electron chi connectivity index (χ1n) is 11.7. The van der Waals surface area contributed by atoms with Crippen molar-refractivity contribution in [2.24, 2.45) is 5.92 Å². The number of anilines is 2. The second-order valence-electron chi connectivity index (χ2n) is 9.13. The summed E-state index contributed by atoms with van der Waals surface area (Å²) in [5, 5.41) is 17.0. The lowest BCUT2D eigenvalue weighted by Gasteiger charge is -2.20. The topological polar surface area (TPSA) is 90.6 Å². The summed E-state index contributed by atoms with van der Waals surface area (Å²) in [4.78, 5) is 24.5. The molecule has 0 spiro atoms. The van der Waals surface area contributed by atoms with Crippen LogP contribution in [-0.2, 0) is 11.0 Å². The molecule has 0 aliphatic rings. The Kier molecular flexibility index (Phi) is 7.77. The van der Waals surface area contributed by atoms with Crippen LogP contribution in [0, 0.1) is 11.1 Å². The third-order valence-corrected chi connectivity index (χ3v) is 6.04. The Morgan fingerprint density at radius 1 is 0.974 bits per heavy atom. The fraction of sp³-hybridized carbons (Fsp3) is 0.185. The van der Waals surface area contributed by atoms with Crippen LogP contribution >= 0.6 is 11.6 Å². The predicted octanol–water partition coefficient (Wildman–Crippen LogP) is 6.53. The minimum absolute atomic E-state index is 0.0493. The van der Waals surface area contributed by atoms with Crippen molar-refractivity contribution in [3.8, 4) is 5.69 Å². The molecule has 0 aliphatic heterocycles. The number of hydrogen-bond acceptors (Lipinski definition) is 3. The van der Waals surface area contributed by atoms with Crippen molar-refractivity contribution in [1.82, 2.24) is 4.57 Å². The summed E-state index contributed by atoms with van der Waals surface area (Å²) in [6.07, 6.45) is -2.46. The van der Waals surface area contributed by atoms with Crippen molar-refractivity contribution in [3.05, 3.63) is 88.7 Å². The predicted molar refractivity (Wildman–Crippen MR) is 141 cm³/mol. The van der Waals surface area contributed by atoms with Gasteiger partial charge in [0.25, 0.3) is 0 Å². The number of halogens is 4. The Morgan fingerprint density at radius 3 is 2.32 bits per heavy atom. The van der Waals surface area contributed by atoms with Gasteiger partial charge in [0.05, 0.1) is 16.1 Å². The molecule has 1 heterocycles. The highest BCUT2D eigenvalue weighted by Gasteiger charge is 2.34. The van der Waals surface area contributed by atoms with E-state index in [2.05, 4.69) is 10.6 Å². The lowest BCUT2D eigenvalue weighted by Crippen LogP contribution is -3.06. The Labute approximate surface area is 221 Å². The van der Waals surface area contributed by atoms with Crippen molar-refractivity contribution < 1.29 is 27.8 Å². The van der Waals surface area contributed by atoms with Gasteiger partial charge >= 0.3 is 12.2 Å². The van der Waals surface area contributed by atoms with E-state index in [0.717, 1.165) is 28.7 Å². The van der Waals surface area contributed by atoms with Gasteiger partial charge in [0.1, 0.15) is 5.69 Å². The van der Waals surface area contributed by atoms with Gasteiger partial charge in [0, 0.05) is 47.2 Å². The summed E-state index contributed by atoms with van der Waals surface area (Å²) in [6.45, 7) is 3.95. The van der Waals surface area contributed by atoms with Crippen molar-refractivity contribution in [2.45, 2.75) is 26.4 Å². The second kappa shape index (κ2) is 10.9. The molecule has 1 atom stereocenters. The average molecular weight is 545 g/mol. The molecule has 4 rings (SSSR count). The van der Waals surface area contributed by atoms with Crippen LogP contribution in [0.1, 0.15) is 25.8 Å². The Morgan fingerprint density at radius 2 is 1.66 bits per heavy atom. The number of alkyl halides is 3. The highest BCUT2D eigenvalue weighted by molar-refractivity contribution is 6.31. The molecule has 0 saturated heterocycles. The summed E-state index contributed by atoms with van der Waals surface area (Å²) < 4.78 is 41.2. The second-order valence-corrected chi connectivity index (χ2v) is 9.54. The summed E-state index contributed by atoms with van der Waals surface area (Å²) in [5.74, 6) is 0.206. The lowest BCUT2D eigenvalue weighted by atomic mass is 10.1. The smallest absolute Gasteiger partial charge is 0.424 e. The number of amides is 3. The fourth-order valence-corrected chi connectivity index (χ4v) is 4.16. The van der Waals surface area contributed by atoms with E-state index >= 15 is 0 Å². The van der Waals surface area contributed by atoms with E-state index in [9.17, 15) is 28.0 Å². The maximum absolute atomic E-state index is 13.1. The van der Waals surface area contributed by atoms with Crippen LogP contribution in [0.5, 0.6) is 0 Å². The number of carbonyl (C=O) groups is 2. The van der Waals surface area contributed by atoms with Gasteiger partial charge in [-0.1, -0.05) is 25.4 Å². The van der Waals surface area contributed by atoms with E-state index in [0.29, 0.717) is 23.9 Å². The quantitative estimate of drug-likeness (QED) is 0.241. The Balaban J connectivity index is 1.46. The van der Waals surface area contributed by atoms with Gasteiger partial charge in [0.2, 0.25) is 5.91 Å². The minimum Gasteiger partial charge on any atom is -0.620 e. The Hall–Kier alpha value is -3.86. The molecule has 0 aliphatic carbocycles. The zero-order chi connectivity index (χ0) is 27.6. The number of aromatic nitrogens is 1. The molecule has 0 bridgehead atoms. The molecular formula is C27H24ClF3N4O3. The number of nitrogens with one attached hydrogen (secondary N) is 3. The van der Waals surface area contributed by atoms with Gasteiger partial charge in [-0.25, -0.2) is 4.79 Å². The van der Waals surface area contributed by atoms with Gasteiger partial charge in [-0.15, -0.1) is 0 Å². The SMILES string of the molecule is CC(C)CC(=O)Nc1ccc2c(ccn2-c2ccc(NC(=O)[NH+]([O-])c3ccc(Cl)c(C(F)(F)F)c3)cc2)c1. The summed E-state index contributed by atoms with van der Waals surface area (Å²) in [7, 11) is 0. The van der Waals surface area contributed by atoms with Crippen molar-refractivity contribution >= 4 is 51.5 Å². The van der Waals surface area contributed by atoms with Crippen molar-refractivity contribution in [2.75, 3.05) is 10.6 Å². The molecule has 38 heavy (non-hydrogen) atoms. The van der Waals surface area contributed by atoms with E-state index in [4.69, 9.17) is 11.6 Å². The molecule has 1 aromatic heterocycles. The van der Waals surface area contributed by atoms with Crippen LogP contribution in [0.4, 0.5) is 35.0 Å². The highest BCUT2D eigenvalue weighted by atomic mass is 35.5. The average Bonchev–Trinajstić information content (AvgIpc) is 3.26. The maximum atomic E-state index is 13.1. The molecule has 0 fully saturated rings. The zero-order valence-corrected chi connectivity index (χ0v) is 21.2. The number of nitrogens with zero attached hydrogens (tertiary/aromatic N) is 1. The van der Waals surface area contributed by atoms with Gasteiger partial charge < -0.3 is 15.1 Å². The van der Waals surface area contributed by atoms with Crippen molar-refractivity contribution in [3.63, 3.8) is 0 Å². The number of carbonyl (C=O) groups excluding carboxylic acids is 2. The van der Waals surface area contributed by atoms with Gasteiger partial charge in [-0.05, 0) is 60.5 Å². The first-order chi connectivity index (χ1) is 17.9. The molecule has 4 aromatic rings. The standard InChI is InChI=1S/C27H24ClF3N4O3/c1-16(2)13-25(36)32-19-5-10-24-17(14-19)11-12-34(24)20-6-3-18(4-7-20)33-26(37)35(38)21-8-9-23(28)22(15-21)27(29,30)31/h3-12,14-16,35H,13H2,1-2H3,(H,32,36)(H,33,37). The largest absolute Gasteiger partial charge is 0.620 e. The van der Waals surface area contributed by atoms with Crippen LogP contribution in [0.3, 0.4) is 0 Å². The molecule has 3 aromatic carbocycles. The molecule has 0 radical (unpaired) electrons. The van der Waals surface area contributed by atoms with E-state index in [1.54, 1.807) is 24.3 Å². The minimum atomic E-state index is -4.76. The molecule has 1 unspecified atom stereocenters. The fourth-order valence-electron chi connectivity index (χ4n) is 3.94. The molecule has 3 N–H and O–H groups in total. The third-order valence-electron chi connectivity index (χ3n) is 5.71. The van der Waals surface area contributed by atoms with Crippen LogP contribution in [0.2, 0.25) is 5.02 Å². The Bertz CT molecular complexity index is 1480. The van der Waals surface area contributed by atoms with Crippen LogP contribution in [0.25, 0.3) is 16.6 Å². The number of urea groups is 1. The first-order valence-corrected chi connectivity index (χ1v) is 12.0. The zero-order valence-electron chi connectivity index (χ0n) is 20.4. The summed E-state index contributed by atoms with van der Waals surface area (Å²) >= 11 is 5.58. The van der Waals surface area contributed by atoms with E-state index in [1.807, 2.05) is 48.9 Å². The first kappa shape index (κ1) is 27.2. The van der Waals surface area contributed by atoms with Gasteiger partial charge in [0.15, 0.2) is 0 Å². The van der Waals surface area contributed by atoms with Gasteiger partial charge in [-0.3, -0.25) is 15.2 Å². The number of hydroxylamine groups is 1. The van der Waals surface area contributed by atoms with E-state index < -0.39 is 33.5 Å². The molecule has 7 nitrogen and oxygen atoms in total. The highest BCUT2D eigenvalue weighted by Crippen LogP contribution is 2.35. The number of hydrogen-bond donors (Lipinski definition) is 3. The number of quaternary nitrogens is 1. The maximum Gasteiger partial charge on any atom is 0.424 e. The van der Waals surface area contributed by atoms with Gasteiger partial charge in [-0.2, -0.15) is 13.2 Å². The molecule has 11 heteroatoms. The van der Waals surface area contributed by atoms with E-state index in [-0.39, 0.29) is 11.8 Å². The monoisotopic (exact) mass is 544 g/mol. The van der Waals surface area contributed by atoms with Crippen LogP contribution in [-0.4, -0.2) is 16.5 Å². The van der Waals surface area contributed by atoms with E-state index in [1.165, 1.54) is 0 Å². The summed E-state index contributed by atoms with van der Waals surface area (Å²) in [5.41, 5.74) is 1.05. The van der Waals surface area contributed by atoms with Crippen LogP contribution in [0.15, 0.2) is 72.9 Å². The number of fused-ring (bicyclic) bond motifs is 1. The van der Waals surface area contributed by atoms with Crippen molar-refractivity contribution in [1.29, 1.82) is 0 Å². The van der Waals surface area contributed by atoms with Crippen LogP contribution < -0.4 is 15.7 Å². The molecule has 0 saturated carbocycles. The number of benzene rings is 3. The normalized spacial score (nSPS) is 12.5. The molecule has 198 valence electrons. The summed E-state index contributed by atoms with van der Waals surface area (Å²) in [6, 6.07) is 15.6. The lowest BCUT2D eigenvalue weighted by molar-refractivity contribution is -0.677. The third kappa shape index (κ3) is 6.16. The number of rotatable bonds is 6. The molecular weight excluding hydrogens is 521 g/mol. The molecule has 3 amide bonds.